The van der Waals surface area contributed by atoms with Gasteiger partial charge >= 0.3 is 0 Å². The Bertz CT molecular complexity index is 694. The molecule has 5 rings (SSSR count). The van der Waals surface area contributed by atoms with E-state index in [2.05, 4.69) is 19.9 Å². The number of carbonyl (C=O) groups excluding carboxylic acids is 1. The Hall–Kier alpha value is -0.540. The van der Waals surface area contributed by atoms with Crippen molar-refractivity contribution >= 4 is 16.9 Å². The molecule has 0 saturated heterocycles. The van der Waals surface area contributed by atoms with Gasteiger partial charge in [0.25, 0.3) is 0 Å². The van der Waals surface area contributed by atoms with Gasteiger partial charge in [-0.15, -0.1) is 0 Å². The van der Waals surface area contributed by atoms with Gasteiger partial charge in [0.05, 0.1) is 6.10 Å². The van der Waals surface area contributed by atoms with E-state index in [1.807, 2.05) is 0 Å². The van der Waals surface area contributed by atoms with E-state index in [0.29, 0.717) is 10.8 Å². The Morgan fingerprint density at radius 2 is 1.88 bits per heavy atom. The fraction of sp³-hybridized carbons (Fsp3) is 0.783. The van der Waals surface area contributed by atoms with Crippen LogP contribution >= 0.6 is 11.8 Å². The predicted molar refractivity (Wildman–Crippen MR) is 106 cm³/mol. The van der Waals surface area contributed by atoms with E-state index in [4.69, 9.17) is 0 Å². The molecule has 0 aromatic heterocycles. The fourth-order valence-corrected chi connectivity index (χ4v) is 8.88. The first-order chi connectivity index (χ1) is 12.4. The molecule has 4 aliphatic carbocycles. The Kier molecular flexibility index (Phi) is 4.03. The van der Waals surface area contributed by atoms with Crippen LogP contribution in [0.4, 0.5) is 0 Å². The zero-order valence-electron chi connectivity index (χ0n) is 16.2. The van der Waals surface area contributed by atoms with Crippen molar-refractivity contribution in [2.45, 2.75) is 77.7 Å². The molecule has 1 N–H and O–H groups in total. The van der Waals surface area contributed by atoms with E-state index < -0.39 is 0 Å². The fourth-order valence-electron chi connectivity index (χ4n) is 7.94. The van der Waals surface area contributed by atoms with Crippen molar-refractivity contribution in [3.05, 3.63) is 22.6 Å². The normalized spacial score (nSPS) is 53.3. The maximum atomic E-state index is 11.8. The smallest absolute Gasteiger partial charge is 0.216 e. The first kappa shape index (κ1) is 17.6. The average molecular weight is 373 g/mol. The first-order valence-corrected chi connectivity index (χ1v) is 11.5. The van der Waals surface area contributed by atoms with E-state index in [-0.39, 0.29) is 11.2 Å². The van der Waals surface area contributed by atoms with Crippen molar-refractivity contribution in [1.29, 1.82) is 0 Å². The van der Waals surface area contributed by atoms with Crippen LogP contribution in [0.25, 0.3) is 0 Å². The minimum atomic E-state index is -0.0509. The standard InChI is InChI=1S/C23H32O2S/c1-22-11-9-15(24)13-14(22)3-4-16-17-5-6-19(20-7-8-21(25)26-20)23(17,2)12-10-18(16)22/h7-8,14-18,24H,3-6,9-13H2,1-2H3/t14?,15?,16-,17-,18-,22-,23-/m0/s1. The molecule has 0 spiro atoms. The van der Waals surface area contributed by atoms with Gasteiger partial charge in [-0.05, 0) is 122 Å². The van der Waals surface area contributed by atoms with E-state index >= 15 is 0 Å². The van der Waals surface area contributed by atoms with E-state index in [9.17, 15) is 9.90 Å². The highest BCUT2D eigenvalue weighted by atomic mass is 32.2. The van der Waals surface area contributed by atoms with Crippen molar-refractivity contribution in [3.63, 3.8) is 0 Å². The quantitative estimate of drug-likeness (QED) is 0.612. The molecule has 4 fully saturated rings. The number of thioether (sulfide) groups is 1. The van der Waals surface area contributed by atoms with Crippen LogP contribution in [-0.2, 0) is 4.79 Å². The third-order valence-corrected chi connectivity index (χ3v) is 10.2. The summed E-state index contributed by atoms with van der Waals surface area (Å²) < 4.78 is 0. The zero-order valence-corrected chi connectivity index (χ0v) is 17.0. The highest BCUT2D eigenvalue weighted by molar-refractivity contribution is 8.17. The third-order valence-electron chi connectivity index (χ3n) is 9.30. The number of hydrogen-bond donors (Lipinski definition) is 1. The van der Waals surface area contributed by atoms with Gasteiger partial charge in [0.15, 0.2) is 0 Å². The number of carbonyl (C=O) groups is 1. The first-order valence-electron chi connectivity index (χ1n) is 10.7. The van der Waals surface area contributed by atoms with Crippen LogP contribution < -0.4 is 0 Å². The van der Waals surface area contributed by atoms with Gasteiger partial charge < -0.3 is 5.11 Å². The number of rotatable bonds is 0. The molecule has 0 aromatic carbocycles. The number of allylic oxidation sites excluding steroid dienone is 2. The van der Waals surface area contributed by atoms with Gasteiger partial charge in [0.2, 0.25) is 5.12 Å². The molecule has 2 unspecified atom stereocenters. The number of aliphatic hydroxyl groups excluding tert-OH is 1. The highest BCUT2D eigenvalue weighted by Gasteiger charge is 2.59. The molecule has 3 heteroatoms. The molecule has 0 bridgehead atoms. The maximum Gasteiger partial charge on any atom is 0.216 e. The summed E-state index contributed by atoms with van der Waals surface area (Å²) in [7, 11) is 0. The SMILES string of the molecule is C[C@]12CCC(O)CC1CC[C@@H]1[C@@H]2CC[C@]2(C)C(=C3C=CC(=O)S3)CC[C@@H]12. The summed E-state index contributed by atoms with van der Waals surface area (Å²) in [5.74, 6) is 3.25. The summed E-state index contributed by atoms with van der Waals surface area (Å²) in [6, 6.07) is 0. The molecular weight excluding hydrogens is 340 g/mol. The van der Waals surface area contributed by atoms with Crippen molar-refractivity contribution in [1.82, 2.24) is 0 Å². The van der Waals surface area contributed by atoms with Gasteiger partial charge in [0, 0.05) is 4.91 Å². The number of hydrogen-bond acceptors (Lipinski definition) is 3. The van der Waals surface area contributed by atoms with E-state index in [0.717, 1.165) is 36.5 Å². The minimum Gasteiger partial charge on any atom is -0.393 e. The van der Waals surface area contributed by atoms with Crippen LogP contribution in [-0.4, -0.2) is 16.3 Å². The molecule has 0 aromatic rings. The molecule has 7 atom stereocenters. The van der Waals surface area contributed by atoms with Crippen molar-refractivity contribution in [3.8, 4) is 0 Å². The minimum absolute atomic E-state index is 0.0509. The van der Waals surface area contributed by atoms with Crippen LogP contribution in [0.2, 0.25) is 0 Å². The molecule has 1 aliphatic heterocycles. The molecule has 2 nitrogen and oxygen atoms in total. The second-order valence-electron chi connectivity index (χ2n) is 10.2. The summed E-state index contributed by atoms with van der Waals surface area (Å²) >= 11 is 1.47. The van der Waals surface area contributed by atoms with Crippen LogP contribution in [0, 0.1) is 34.5 Å². The second kappa shape index (κ2) is 5.98. The van der Waals surface area contributed by atoms with E-state index in [1.54, 1.807) is 11.6 Å². The van der Waals surface area contributed by atoms with E-state index in [1.165, 1.54) is 61.6 Å². The van der Waals surface area contributed by atoms with Crippen LogP contribution in [0.15, 0.2) is 22.6 Å². The summed E-state index contributed by atoms with van der Waals surface area (Å²) in [5, 5.41) is 10.4. The van der Waals surface area contributed by atoms with Gasteiger partial charge in [0.1, 0.15) is 0 Å². The Morgan fingerprint density at radius 1 is 1.04 bits per heavy atom. The zero-order chi connectivity index (χ0) is 18.1. The average Bonchev–Trinajstić information content (AvgIpc) is 3.18. The van der Waals surface area contributed by atoms with Gasteiger partial charge in [-0.3, -0.25) is 4.79 Å². The highest BCUT2D eigenvalue weighted by Crippen LogP contribution is 2.68. The summed E-state index contributed by atoms with van der Waals surface area (Å²) in [5.41, 5.74) is 2.37. The predicted octanol–water partition coefficient (Wildman–Crippen LogP) is 5.47. The summed E-state index contributed by atoms with van der Waals surface area (Å²) in [6.07, 6.45) is 14.9. The van der Waals surface area contributed by atoms with Crippen LogP contribution in [0.1, 0.15) is 71.6 Å². The lowest BCUT2D eigenvalue weighted by Gasteiger charge is -2.60. The van der Waals surface area contributed by atoms with Gasteiger partial charge in [-0.1, -0.05) is 13.8 Å². The Labute approximate surface area is 161 Å². The van der Waals surface area contributed by atoms with Crippen LogP contribution in [0.5, 0.6) is 0 Å². The van der Waals surface area contributed by atoms with Crippen molar-refractivity contribution in [2.24, 2.45) is 34.5 Å². The molecule has 26 heavy (non-hydrogen) atoms. The summed E-state index contributed by atoms with van der Waals surface area (Å²) in [4.78, 5) is 13.0. The monoisotopic (exact) mass is 372 g/mol. The second-order valence-corrected chi connectivity index (χ2v) is 11.2. The van der Waals surface area contributed by atoms with Crippen molar-refractivity contribution in [2.75, 3.05) is 0 Å². The lowest BCUT2D eigenvalue weighted by molar-refractivity contribution is -0.116. The maximum absolute atomic E-state index is 11.8. The Balaban J connectivity index is 1.45. The third kappa shape index (κ3) is 2.38. The molecule has 0 amide bonds. The Morgan fingerprint density at radius 3 is 2.65 bits per heavy atom. The van der Waals surface area contributed by atoms with Gasteiger partial charge in [-0.25, -0.2) is 0 Å². The summed E-state index contributed by atoms with van der Waals surface area (Å²) in [6.45, 7) is 5.07. The molecule has 0 radical (unpaired) electrons. The number of aliphatic hydroxyl groups is 1. The molecular formula is C23H32O2S. The molecule has 142 valence electrons. The van der Waals surface area contributed by atoms with Gasteiger partial charge in [-0.2, -0.15) is 0 Å². The topological polar surface area (TPSA) is 37.3 Å². The largest absolute Gasteiger partial charge is 0.393 e. The molecule has 4 saturated carbocycles. The lowest BCUT2D eigenvalue weighted by atomic mass is 9.45. The number of fused-ring (bicyclic) bond motifs is 5. The molecule has 5 aliphatic rings. The van der Waals surface area contributed by atoms with Crippen LogP contribution in [0.3, 0.4) is 0 Å². The lowest BCUT2D eigenvalue weighted by Crippen LogP contribution is -2.53. The molecule has 1 heterocycles. The van der Waals surface area contributed by atoms with Crippen molar-refractivity contribution < 1.29 is 9.90 Å².